The largest absolute Gasteiger partial charge is 0.481 e. The first kappa shape index (κ1) is 12.5. The van der Waals surface area contributed by atoms with Gasteiger partial charge in [-0.1, -0.05) is 0 Å². The van der Waals surface area contributed by atoms with Gasteiger partial charge in [-0.05, 0) is 32.0 Å². The Balaban J connectivity index is 2.51. The number of nitrogens with zero attached hydrogens (tertiary/aromatic N) is 2. The van der Waals surface area contributed by atoms with Crippen molar-refractivity contribution in [1.82, 2.24) is 9.55 Å². The van der Waals surface area contributed by atoms with E-state index in [4.69, 9.17) is 5.11 Å². The molecule has 0 atom stereocenters. The van der Waals surface area contributed by atoms with Gasteiger partial charge < -0.3 is 9.67 Å². The number of carboxylic acids is 1. The van der Waals surface area contributed by atoms with Crippen LogP contribution >= 0.6 is 0 Å². The minimum atomic E-state index is -0.858. The third-order valence-corrected chi connectivity index (χ3v) is 2.80. The highest BCUT2D eigenvalue weighted by atomic mass is 19.1. The first-order valence-corrected chi connectivity index (χ1v) is 5.87. The minimum Gasteiger partial charge on any atom is -0.481 e. The van der Waals surface area contributed by atoms with Crippen molar-refractivity contribution in [3.8, 4) is 0 Å². The van der Waals surface area contributed by atoms with E-state index >= 15 is 0 Å². The Kier molecular flexibility index (Phi) is 3.32. The van der Waals surface area contributed by atoms with Crippen LogP contribution in [0, 0.1) is 5.82 Å². The quantitative estimate of drug-likeness (QED) is 0.907. The van der Waals surface area contributed by atoms with Gasteiger partial charge in [-0.15, -0.1) is 0 Å². The standard InChI is InChI=1S/C13H15FN2O2/c1-8(2)16-11-7-9(14)3-4-10(11)15-12(16)5-6-13(17)18/h3-4,7-8H,5-6H2,1-2H3,(H,17,18). The number of halogens is 1. The van der Waals surface area contributed by atoms with E-state index in [-0.39, 0.29) is 18.3 Å². The first-order chi connectivity index (χ1) is 8.49. The first-order valence-electron chi connectivity index (χ1n) is 5.87. The SMILES string of the molecule is CC(C)n1c(CCC(=O)O)nc2ccc(F)cc21. The molecule has 4 nitrogen and oxygen atoms in total. The van der Waals surface area contributed by atoms with Gasteiger partial charge in [0, 0.05) is 12.5 Å². The van der Waals surface area contributed by atoms with Crippen LogP contribution in [0.3, 0.4) is 0 Å². The number of aryl methyl sites for hydroxylation is 1. The summed E-state index contributed by atoms with van der Waals surface area (Å²) in [5.74, 6) is -0.481. The van der Waals surface area contributed by atoms with Gasteiger partial charge in [0.15, 0.2) is 0 Å². The molecule has 0 saturated heterocycles. The van der Waals surface area contributed by atoms with Crippen molar-refractivity contribution in [1.29, 1.82) is 0 Å². The second-order valence-corrected chi connectivity index (χ2v) is 4.52. The van der Waals surface area contributed by atoms with E-state index in [9.17, 15) is 9.18 Å². The average molecular weight is 250 g/mol. The predicted molar refractivity (Wildman–Crippen MR) is 66.0 cm³/mol. The molecule has 0 radical (unpaired) electrons. The molecule has 18 heavy (non-hydrogen) atoms. The average Bonchev–Trinajstić information content (AvgIpc) is 2.63. The molecule has 0 fully saturated rings. The Hall–Kier alpha value is -1.91. The summed E-state index contributed by atoms with van der Waals surface area (Å²) in [6, 6.07) is 4.53. The minimum absolute atomic E-state index is 0.0263. The van der Waals surface area contributed by atoms with Crippen LogP contribution in [-0.4, -0.2) is 20.6 Å². The lowest BCUT2D eigenvalue weighted by molar-refractivity contribution is -0.137. The highest BCUT2D eigenvalue weighted by Gasteiger charge is 2.14. The lowest BCUT2D eigenvalue weighted by atomic mass is 10.2. The van der Waals surface area contributed by atoms with Crippen LogP contribution in [0.4, 0.5) is 4.39 Å². The molecule has 5 heteroatoms. The number of aliphatic carboxylic acids is 1. The number of benzene rings is 1. The molecular weight excluding hydrogens is 235 g/mol. The van der Waals surface area contributed by atoms with Crippen LogP contribution in [0.25, 0.3) is 11.0 Å². The molecule has 0 saturated carbocycles. The van der Waals surface area contributed by atoms with Gasteiger partial charge in [0.2, 0.25) is 0 Å². The van der Waals surface area contributed by atoms with E-state index in [1.54, 1.807) is 6.07 Å². The smallest absolute Gasteiger partial charge is 0.303 e. The zero-order valence-corrected chi connectivity index (χ0v) is 10.4. The molecular formula is C13H15FN2O2. The van der Waals surface area contributed by atoms with Crippen LogP contribution in [0.15, 0.2) is 18.2 Å². The molecule has 96 valence electrons. The lowest BCUT2D eigenvalue weighted by Gasteiger charge is -2.12. The summed E-state index contributed by atoms with van der Waals surface area (Å²) in [7, 11) is 0. The van der Waals surface area contributed by atoms with Gasteiger partial charge in [0.25, 0.3) is 0 Å². The summed E-state index contributed by atoms with van der Waals surface area (Å²) in [5, 5.41) is 8.73. The number of hydrogen-bond acceptors (Lipinski definition) is 2. The maximum atomic E-state index is 13.3. The zero-order chi connectivity index (χ0) is 13.3. The monoisotopic (exact) mass is 250 g/mol. The molecule has 0 aliphatic heterocycles. The Bertz CT molecular complexity index is 590. The molecule has 1 heterocycles. The van der Waals surface area contributed by atoms with Gasteiger partial charge in [0.05, 0.1) is 17.5 Å². The van der Waals surface area contributed by atoms with Crippen molar-refractivity contribution in [3.63, 3.8) is 0 Å². The summed E-state index contributed by atoms with van der Waals surface area (Å²) in [5.41, 5.74) is 1.41. The Labute approximate surface area is 104 Å². The van der Waals surface area contributed by atoms with Crippen LogP contribution in [0.1, 0.15) is 32.1 Å². The number of carbonyl (C=O) groups is 1. The van der Waals surface area contributed by atoms with Crippen LogP contribution in [-0.2, 0) is 11.2 Å². The van der Waals surface area contributed by atoms with Crippen LogP contribution in [0.5, 0.6) is 0 Å². The van der Waals surface area contributed by atoms with Crippen molar-refractivity contribution in [2.24, 2.45) is 0 Å². The highest BCUT2D eigenvalue weighted by Crippen LogP contribution is 2.22. The van der Waals surface area contributed by atoms with Gasteiger partial charge in [0.1, 0.15) is 11.6 Å². The topological polar surface area (TPSA) is 55.1 Å². The third kappa shape index (κ3) is 2.34. The fourth-order valence-corrected chi connectivity index (χ4v) is 2.09. The summed E-state index contributed by atoms with van der Waals surface area (Å²) in [4.78, 5) is 15.0. The van der Waals surface area contributed by atoms with Crippen molar-refractivity contribution in [3.05, 3.63) is 29.8 Å². The molecule has 0 aliphatic rings. The predicted octanol–water partition coefficient (Wildman–Crippen LogP) is 2.77. The van der Waals surface area contributed by atoms with E-state index in [1.807, 2.05) is 18.4 Å². The Morgan fingerprint density at radius 3 is 2.83 bits per heavy atom. The van der Waals surface area contributed by atoms with Crippen molar-refractivity contribution < 1.29 is 14.3 Å². The maximum Gasteiger partial charge on any atom is 0.303 e. The van der Waals surface area contributed by atoms with Gasteiger partial charge in [-0.2, -0.15) is 0 Å². The molecule has 0 spiro atoms. The normalized spacial score (nSPS) is 11.3. The molecule has 0 bridgehead atoms. The molecule has 1 aromatic carbocycles. The summed E-state index contributed by atoms with van der Waals surface area (Å²) in [6.07, 6.45) is 0.377. The van der Waals surface area contributed by atoms with E-state index < -0.39 is 5.97 Å². The Morgan fingerprint density at radius 1 is 1.50 bits per heavy atom. The van der Waals surface area contributed by atoms with E-state index in [2.05, 4.69) is 4.98 Å². The maximum absolute atomic E-state index is 13.3. The highest BCUT2D eigenvalue weighted by molar-refractivity contribution is 5.76. The van der Waals surface area contributed by atoms with E-state index in [0.717, 1.165) is 0 Å². The van der Waals surface area contributed by atoms with E-state index in [0.29, 0.717) is 23.3 Å². The molecule has 1 aromatic heterocycles. The Morgan fingerprint density at radius 2 is 2.22 bits per heavy atom. The van der Waals surface area contributed by atoms with Crippen molar-refractivity contribution in [2.75, 3.05) is 0 Å². The van der Waals surface area contributed by atoms with E-state index in [1.165, 1.54) is 12.1 Å². The molecule has 2 rings (SSSR count). The number of aromatic nitrogens is 2. The summed E-state index contributed by atoms with van der Waals surface area (Å²) in [6.45, 7) is 3.94. The zero-order valence-electron chi connectivity index (χ0n) is 10.4. The second-order valence-electron chi connectivity index (χ2n) is 4.52. The fourth-order valence-electron chi connectivity index (χ4n) is 2.09. The fraction of sp³-hybridized carbons (Fsp3) is 0.385. The van der Waals surface area contributed by atoms with Crippen molar-refractivity contribution in [2.45, 2.75) is 32.7 Å². The third-order valence-electron chi connectivity index (χ3n) is 2.80. The van der Waals surface area contributed by atoms with Gasteiger partial charge in [-0.25, -0.2) is 9.37 Å². The number of hydrogen-bond donors (Lipinski definition) is 1. The number of carboxylic acid groups (broad SMARTS) is 1. The molecule has 0 unspecified atom stereocenters. The lowest BCUT2D eigenvalue weighted by Crippen LogP contribution is -2.08. The summed E-state index contributed by atoms with van der Waals surface area (Å²) < 4.78 is 15.2. The number of fused-ring (bicyclic) bond motifs is 1. The van der Waals surface area contributed by atoms with Crippen LogP contribution in [0.2, 0.25) is 0 Å². The molecule has 0 aliphatic carbocycles. The number of imidazole rings is 1. The van der Waals surface area contributed by atoms with Crippen molar-refractivity contribution >= 4 is 17.0 Å². The molecule has 0 amide bonds. The van der Waals surface area contributed by atoms with Gasteiger partial charge in [-0.3, -0.25) is 4.79 Å². The van der Waals surface area contributed by atoms with Gasteiger partial charge >= 0.3 is 5.97 Å². The summed E-state index contributed by atoms with van der Waals surface area (Å²) >= 11 is 0. The van der Waals surface area contributed by atoms with Crippen LogP contribution < -0.4 is 0 Å². The molecule has 2 aromatic rings. The second kappa shape index (κ2) is 4.76. The number of rotatable bonds is 4. The molecule has 1 N–H and O–H groups in total.